The molecule has 2 aromatic carbocycles. The maximum Gasteiger partial charge on any atom is 0.302 e. The molecule has 1 aliphatic carbocycles. The SMILES string of the molecule is CCOCC1(COc2ccc(Cc3cc([C@@H]4CC=C[C@H](COC(C)=O)O4)ccc3Cl)cc2)CCCC1. The first-order valence-electron chi connectivity index (χ1n) is 13.0. The third-order valence-corrected chi connectivity index (χ3v) is 7.44. The third kappa shape index (κ3) is 7.34. The van der Waals surface area contributed by atoms with E-state index in [4.69, 9.17) is 30.5 Å². The van der Waals surface area contributed by atoms with Crippen LogP contribution in [-0.4, -0.2) is 38.5 Å². The van der Waals surface area contributed by atoms with Crippen molar-refractivity contribution >= 4 is 17.6 Å². The van der Waals surface area contributed by atoms with Gasteiger partial charge in [-0.3, -0.25) is 4.79 Å². The molecule has 0 spiro atoms. The molecule has 1 saturated carbocycles. The molecule has 4 rings (SSSR count). The monoisotopic (exact) mass is 512 g/mol. The fourth-order valence-electron chi connectivity index (χ4n) is 5.04. The summed E-state index contributed by atoms with van der Waals surface area (Å²) in [6.07, 6.45) is 10.0. The lowest BCUT2D eigenvalue weighted by atomic mass is 9.88. The van der Waals surface area contributed by atoms with Gasteiger partial charge >= 0.3 is 5.97 Å². The van der Waals surface area contributed by atoms with Crippen LogP contribution in [0, 0.1) is 5.41 Å². The summed E-state index contributed by atoms with van der Waals surface area (Å²) in [6.45, 7) is 5.91. The van der Waals surface area contributed by atoms with Crippen molar-refractivity contribution in [3.8, 4) is 5.75 Å². The van der Waals surface area contributed by atoms with Crippen LogP contribution in [0.3, 0.4) is 0 Å². The van der Waals surface area contributed by atoms with Crippen LogP contribution in [0.15, 0.2) is 54.6 Å². The van der Waals surface area contributed by atoms with Gasteiger partial charge in [-0.15, -0.1) is 0 Å². The zero-order chi connectivity index (χ0) is 25.4. The van der Waals surface area contributed by atoms with Crippen molar-refractivity contribution in [1.82, 2.24) is 0 Å². The van der Waals surface area contributed by atoms with E-state index in [1.165, 1.54) is 38.2 Å². The average molecular weight is 513 g/mol. The molecule has 0 aromatic heterocycles. The van der Waals surface area contributed by atoms with Gasteiger partial charge in [0.1, 0.15) is 18.5 Å². The molecular weight excluding hydrogens is 476 g/mol. The summed E-state index contributed by atoms with van der Waals surface area (Å²) in [4.78, 5) is 11.1. The summed E-state index contributed by atoms with van der Waals surface area (Å²) in [5.41, 5.74) is 3.45. The van der Waals surface area contributed by atoms with Crippen molar-refractivity contribution in [3.63, 3.8) is 0 Å². The number of rotatable bonds is 11. The molecule has 2 aromatic rings. The Morgan fingerprint density at radius 1 is 1.11 bits per heavy atom. The number of benzene rings is 2. The molecule has 2 aliphatic rings. The molecule has 0 bridgehead atoms. The highest BCUT2D eigenvalue weighted by Gasteiger charge is 2.35. The number of hydrogen-bond acceptors (Lipinski definition) is 5. The van der Waals surface area contributed by atoms with Crippen LogP contribution in [0.25, 0.3) is 0 Å². The van der Waals surface area contributed by atoms with E-state index in [9.17, 15) is 4.79 Å². The summed E-state index contributed by atoms with van der Waals surface area (Å²) < 4.78 is 23.2. The van der Waals surface area contributed by atoms with Crippen LogP contribution >= 0.6 is 11.6 Å². The van der Waals surface area contributed by atoms with Crippen LogP contribution in [-0.2, 0) is 25.4 Å². The molecule has 0 unspecified atom stereocenters. The minimum absolute atomic E-state index is 0.0954. The zero-order valence-electron chi connectivity index (χ0n) is 21.3. The molecule has 0 radical (unpaired) electrons. The number of esters is 1. The van der Waals surface area contributed by atoms with Crippen LogP contribution in [0.1, 0.15) is 68.7 Å². The van der Waals surface area contributed by atoms with Gasteiger partial charge in [-0.05, 0) is 67.5 Å². The molecule has 0 amide bonds. The van der Waals surface area contributed by atoms with Crippen LogP contribution in [0.4, 0.5) is 0 Å². The standard InChI is InChI=1S/C30H37ClO5/c1-3-33-20-30(15-4-5-16-30)21-35-26-12-9-23(10-13-26)17-25-18-24(11-14-28(25)31)29-8-6-7-27(36-29)19-34-22(2)32/h6-7,9-14,18,27,29H,3-5,8,15-17,19-21H2,1-2H3/t27-,29+/m1/s1. The maximum atomic E-state index is 11.1. The smallest absolute Gasteiger partial charge is 0.302 e. The predicted molar refractivity (Wildman–Crippen MR) is 142 cm³/mol. The molecular formula is C30H37ClO5. The minimum atomic E-state index is -0.303. The van der Waals surface area contributed by atoms with Crippen LogP contribution in [0.2, 0.25) is 5.02 Å². The number of carbonyl (C=O) groups is 1. The van der Waals surface area contributed by atoms with Crippen molar-refractivity contribution in [2.24, 2.45) is 5.41 Å². The van der Waals surface area contributed by atoms with E-state index in [0.29, 0.717) is 6.61 Å². The first-order valence-corrected chi connectivity index (χ1v) is 13.4. The normalized spacial score (nSPS) is 20.9. The van der Waals surface area contributed by atoms with Gasteiger partial charge in [-0.2, -0.15) is 0 Å². The Morgan fingerprint density at radius 3 is 2.61 bits per heavy atom. The second-order valence-corrected chi connectivity index (χ2v) is 10.3. The Morgan fingerprint density at radius 2 is 1.89 bits per heavy atom. The zero-order valence-corrected chi connectivity index (χ0v) is 22.1. The highest BCUT2D eigenvalue weighted by Crippen LogP contribution is 2.39. The highest BCUT2D eigenvalue weighted by molar-refractivity contribution is 6.31. The number of hydrogen-bond donors (Lipinski definition) is 0. The fourth-order valence-corrected chi connectivity index (χ4v) is 5.22. The Kier molecular flexibility index (Phi) is 9.47. The Hall–Kier alpha value is -2.34. The average Bonchev–Trinajstić information content (AvgIpc) is 3.36. The number of halogens is 1. The van der Waals surface area contributed by atoms with Gasteiger partial charge in [0.05, 0.1) is 19.3 Å². The van der Waals surface area contributed by atoms with Crippen molar-refractivity contribution in [1.29, 1.82) is 0 Å². The quantitative estimate of drug-likeness (QED) is 0.243. The molecule has 0 saturated heterocycles. The van der Waals surface area contributed by atoms with E-state index in [1.54, 1.807) is 0 Å². The predicted octanol–water partition coefficient (Wildman–Crippen LogP) is 6.86. The van der Waals surface area contributed by atoms with Gasteiger partial charge < -0.3 is 18.9 Å². The van der Waals surface area contributed by atoms with E-state index in [2.05, 4.69) is 24.3 Å². The summed E-state index contributed by atoms with van der Waals surface area (Å²) in [5, 5.41) is 0.737. The summed E-state index contributed by atoms with van der Waals surface area (Å²) >= 11 is 6.56. The Bertz CT molecular complexity index is 1030. The molecule has 6 heteroatoms. The van der Waals surface area contributed by atoms with Crippen molar-refractivity contribution in [2.75, 3.05) is 26.4 Å². The van der Waals surface area contributed by atoms with Crippen molar-refractivity contribution in [2.45, 2.75) is 64.6 Å². The summed E-state index contributed by atoms with van der Waals surface area (Å²) in [5.74, 6) is 0.588. The van der Waals surface area contributed by atoms with E-state index >= 15 is 0 Å². The molecule has 194 valence electrons. The molecule has 2 atom stereocenters. The molecule has 1 aliphatic heterocycles. The topological polar surface area (TPSA) is 54.0 Å². The lowest BCUT2D eigenvalue weighted by molar-refractivity contribution is -0.145. The lowest BCUT2D eigenvalue weighted by Crippen LogP contribution is -2.30. The van der Waals surface area contributed by atoms with Gasteiger partial charge in [0.15, 0.2) is 0 Å². The Labute approximate surface area is 219 Å². The maximum absolute atomic E-state index is 11.1. The van der Waals surface area contributed by atoms with E-state index in [1.807, 2.05) is 37.3 Å². The van der Waals surface area contributed by atoms with Gasteiger partial charge in [0, 0.05) is 24.0 Å². The molecule has 1 fully saturated rings. The van der Waals surface area contributed by atoms with Gasteiger partial charge in [-0.1, -0.05) is 60.9 Å². The van der Waals surface area contributed by atoms with Crippen LogP contribution < -0.4 is 4.74 Å². The molecule has 1 heterocycles. The van der Waals surface area contributed by atoms with Crippen molar-refractivity contribution < 1.29 is 23.7 Å². The van der Waals surface area contributed by atoms with Gasteiger partial charge in [0.25, 0.3) is 0 Å². The van der Waals surface area contributed by atoms with E-state index < -0.39 is 0 Å². The minimum Gasteiger partial charge on any atom is -0.493 e. The highest BCUT2D eigenvalue weighted by atomic mass is 35.5. The van der Waals surface area contributed by atoms with Crippen LogP contribution in [0.5, 0.6) is 5.75 Å². The fraction of sp³-hybridized carbons (Fsp3) is 0.500. The summed E-state index contributed by atoms with van der Waals surface area (Å²) in [6, 6.07) is 14.4. The number of ether oxygens (including phenoxy) is 4. The lowest BCUT2D eigenvalue weighted by Gasteiger charge is -2.28. The second kappa shape index (κ2) is 12.8. The van der Waals surface area contributed by atoms with Crippen molar-refractivity contribution in [3.05, 3.63) is 76.3 Å². The third-order valence-electron chi connectivity index (χ3n) is 7.07. The van der Waals surface area contributed by atoms with E-state index in [0.717, 1.165) is 48.0 Å². The number of carbonyl (C=O) groups excluding carboxylic acids is 1. The van der Waals surface area contributed by atoms with Gasteiger partial charge in [-0.25, -0.2) is 0 Å². The molecule has 0 N–H and O–H groups in total. The molecule has 5 nitrogen and oxygen atoms in total. The first-order chi connectivity index (χ1) is 17.5. The Balaban J connectivity index is 1.36. The molecule has 36 heavy (non-hydrogen) atoms. The first kappa shape index (κ1) is 26.7. The summed E-state index contributed by atoms with van der Waals surface area (Å²) in [7, 11) is 0. The largest absolute Gasteiger partial charge is 0.493 e. The van der Waals surface area contributed by atoms with Gasteiger partial charge in [0.2, 0.25) is 0 Å². The second-order valence-electron chi connectivity index (χ2n) is 9.93. The van der Waals surface area contributed by atoms with E-state index in [-0.39, 0.29) is 30.2 Å².